The smallest absolute Gasteiger partial charge is 0.545 e. The van der Waals surface area contributed by atoms with Gasteiger partial charge >= 0.3 is 75.1 Å². The van der Waals surface area contributed by atoms with Gasteiger partial charge in [0.25, 0.3) is 38.1 Å². The molecule has 58 heteroatoms. The Hall–Kier alpha value is -12.3. The normalized spacial score (nSPS) is 12.0. The molecule has 0 aliphatic heterocycles. The quantitative estimate of drug-likeness (QED) is 0.0113. The van der Waals surface area contributed by atoms with Gasteiger partial charge in [-0.3, -0.25) is 22.9 Å². The average molecular weight is 2320 g/mol. The van der Waals surface area contributed by atoms with Crippen molar-refractivity contribution in [3.05, 3.63) is 286 Å². The Morgan fingerprint density at radius 2 is 0.698 bits per heavy atom. The van der Waals surface area contributed by atoms with E-state index in [0.29, 0.717) is 9.54 Å². The number of para-hydroxylation sites is 4. The molecule has 2 unspecified atom stereocenters. The first-order valence-electron chi connectivity index (χ1n) is 40.9. The molecule has 0 spiro atoms. The molecule has 39 nitrogen and oxygen atoms in total. The van der Waals surface area contributed by atoms with Gasteiger partial charge in [0.15, 0.2) is 32.9 Å². The van der Waals surface area contributed by atoms with Gasteiger partial charge in [-0.25, -0.2) is 87.6 Å². The van der Waals surface area contributed by atoms with Crippen LogP contribution in [0.5, 0.6) is 34.5 Å². The fourth-order valence-corrected chi connectivity index (χ4v) is 23.1. The number of hydrogen-bond acceptors (Lipinski definition) is 34. The number of aromatic carboxylic acids is 3. The summed E-state index contributed by atoms with van der Waals surface area (Å²) in [7, 11) is -14.2. The van der Waals surface area contributed by atoms with E-state index in [9.17, 15) is 114 Å². The van der Waals surface area contributed by atoms with E-state index < -0.39 is 199 Å². The first-order chi connectivity index (χ1) is 68.4. The van der Waals surface area contributed by atoms with Gasteiger partial charge in [0.1, 0.15) is 67.3 Å². The van der Waals surface area contributed by atoms with Crippen LogP contribution in [0.3, 0.4) is 0 Å². The summed E-state index contributed by atoms with van der Waals surface area (Å²) in [6, 6.07) is 47.2. The van der Waals surface area contributed by atoms with Crippen LogP contribution in [0.25, 0.3) is 22.1 Å². The number of fused-ring (bicyclic) bond motifs is 2. The molecule has 0 amide bonds. The van der Waals surface area contributed by atoms with Crippen LogP contribution in [0.2, 0.25) is 0 Å². The SMILES string of the molecule is C.COc1ccc(C(=O)O)cc1S(=O)(=O)Cl.COc1ccc(C(=O)OCCS(=O)(=O)c2ccc(C)cc2)cc1S(=O)(=O)Cl.COc1ccc(C(=O)OCCS(=O)(=O)c2ccc(C)cc2)cc1S(=O)(=O)n1c(S(=O)Cc2nccc(OCC(F)(F)F)c2C)nc2ccccc21.COc1ccc(C(=O)[O-])cc1S(=O)(=O)n1c(S(=O)Cc2nccc(OCC(F)(F)F)c2C)nc2ccccc21.Cc1ccc(C(=O)O)cc1.O=S(=O)(O)Cl.[Na+]. The zero-order valence-electron chi connectivity index (χ0n) is 78.3. The van der Waals surface area contributed by atoms with E-state index in [2.05, 4.69) is 30.6 Å². The van der Waals surface area contributed by atoms with Crippen molar-refractivity contribution in [1.29, 1.82) is 0 Å². The van der Waals surface area contributed by atoms with E-state index >= 15 is 0 Å². The molecule has 13 rings (SSSR count). The van der Waals surface area contributed by atoms with E-state index in [1.165, 1.54) is 164 Å². The van der Waals surface area contributed by atoms with Crippen LogP contribution in [0.1, 0.15) is 98.4 Å². The van der Waals surface area contributed by atoms with Crippen molar-refractivity contribution < 1.29 is 205 Å². The largest absolute Gasteiger partial charge is 1.00 e. The minimum Gasteiger partial charge on any atom is -0.545 e. The third-order valence-corrected chi connectivity index (χ3v) is 31.8. The number of hydrogen-bond donors (Lipinski definition) is 3. The predicted octanol–water partition coefficient (Wildman–Crippen LogP) is 11.0. The second kappa shape index (κ2) is 53.4. The maximum Gasteiger partial charge on any atom is 1.00 e. The number of carboxylic acids is 3. The number of carboxylic acid groups (broad SMARTS) is 3. The van der Waals surface area contributed by atoms with Gasteiger partial charge in [0.05, 0.1) is 145 Å². The van der Waals surface area contributed by atoms with Gasteiger partial charge in [-0.15, -0.1) is 0 Å². The number of aromatic nitrogens is 6. The number of pyridine rings is 2. The molecule has 4 heterocycles. The molecule has 0 saturated heterocycles. The van der Waals surface area contributed by atoms with Crippen LogP contribution in [0.4, 0.5) is 26.3 Å². The second-order valence-electron chi connectivity index (χ2n) is 29.9. The molecular weight excluding hydrogens is 2240 g/mol. The van der Waals surface area contributed by atoms with Gasteiger partial charge in [-0.1, -0.05) is 84.8 Å². The number of benzene rings is 9. The molecule has 4 aromatic heterocycles. The van der Waals surface area contributed by atoms with Gasteiger partial charge in [-0.2, -0.15) is 34.8 Å². The Labute approximate surface area is 890 Å². The number of carbonyl (C=O) groups is 5. The van der Waals surface area contributed by atoms with Crippen molar-refractivity contribution in [2.75, 3.05) is 66.4 Å². The number of nitrogens with zero attached hydrogens (tertiary/aromatic N) is 6. The van der Waals surface area contributed by atoms with E-state index in [4.69, 9.17) is 82.4 Å². The standard InChI is InChI=1S/C33H30F3N3O9S3.C24H20F3N3O7S2.C17H17ClO7S2.C8H7ClO5S.C8H8O2.CH4.ClHO3S.Na/c1-21-8-11-24(12-9-21)50(42,43)17-16-47-31(40)23-10-13-29(46-3)30(18-23)51(44,45)39-27-7-5-4-6-25(27)38-32(39)49(41)19-26-22(2)28(14-15-37-26)48-20-33(34,35)36;1-14-17(28-10-9-19(14)37-13-24(25,26)27)12-38(33)23-29-16-5-3-4-6-18(16)30(23)39(34,35)21-11-15(22(31)32)7-8-20(21)36-2;1-12-3-6-14(7-4-12)26(20,21)10-9-25-17(19)13-5-8-15(24-2)16(11-13)27(18,22)23;1-14-6-3-2-5(8(10)11)4-7(6)15(9,12)13;1-6-2-4-7(5-3-6)8(9)10;;1-5(2,3)4;/h4-15,18H,16-17,19-20H2,1-3H3;3-11H,12-13H2,1-2H3,(H,31,32);3-8,11H,9-10H2,1-2H3;2-4H,1H3,(H,10,11);2-5H,1H3,(H,9,10);1H4;(H,2,3,4);/q;;;;;;;+1/p-1. The van der Waals surface area contributed by atoms with Crippen molar-refractivity contribution in [3.63, 3.8) is 0 Å². The number of ether oxygens (including phenoxy) is 8. The van der Waals surface area contributed by atoms with E-state index in [-0.39, 0.29) is 159 Å². The maximum atomic E-state index is 14.4. The van der Waals surface area contributed by atoms with Crippen LogP contribution in [-0.4, -0.2) is 219 Å². The maximum absolute atomic E-state index is 14.4. The fourth-order valence-electron chi connectivity index (χ4n) is 12.4. The molecule has 0 aliphatic rings. The molecule has 9 aromatic carbocycles. The van der Waals surface area contributed by atoms with E-state index in [1.807, 2.05) is 13.8 Å². The van der Waals surface area contributed by atoms with Crippen LogP contribution in [-0.2, 0) is 110 Å². The molecular formula is C91H86Cl3F6N6NaO33S9. The third kappa shape index (κ3) is 35.4. The van der Waals surface area contributed by atoms with Gasteiger partial charge in [0.2, 0.25) is 10.3 Å². The number of aryl methyl sites for hydroxylation is 3. The van der Waals surface area contributed by atoms with Crippen molar-refractivity contribution in [3.8, 4) is 34.5 Å². The summed E-state index contributed by atoms with van der Waals surface area (Å²) in [6.07, 6.45) is -6.82. The minimum atomic E-state index is -4.75. The van der Waals surface area contributed by atoms with E-state index in [1.54, 1.807) is 67.6 Å². The fraction of sp³-hybridized carbons (Fsp3) is 0.220. The number of imidazole rings is 2. The number of carbonyl (C=O) groups excluding carboxylic acids is 3. The molecule has 0 radical (unpaired) electrons. The summed E-state index contributed by atoms with van der Waals surface area (Å²) < 4.78 is 322. The van der Waals surface area contributed by atoms with Crippen molar-refractivity contribution in [2.45, 2.75) is 106 Å². The number of sulfone groups is 2. The Balaban J connectivity index is 0.000000305. The zero-order valence-corrected chi connectivity index (χ0v) is 89.9. The Morgan fingerprint density at radius 3 is 1.01 bits per heavy atom. The summed E-state index contributed by atoms with van der Waals surface area (Å²) in [5.41, 5.74) is 3.19. The molecule has 149 heavy (non-hydrogen) atoms. The summed E-state index contributed by atoms with van der Waals surface area (Å²) >= 11 is 0. The molecule has 0 saturated carbocycles. The van der Waals surface area contributed by atoms with Crippen molar-refractivity contribution >= 4 is 173 Å². The van der Waals surface area contributed by atoms with Gasteiger partial charge < -0.3 is 58.0 Å². The number of esters is 2. The topological polar surface area (TPSA) is 577 Å². The van der Waals surface area contributed by atoms with Crippen LogP contribution >= 0.6 is 32.0 Å². The number of alkyl halides is 6. The molecule has 0 aliphatic carbocycles. The molecule has 2 atom stereocenters. The number of methoxy groups -OCH3 is 4. The van der Waals surface area contributed by atoms with Crippen LogP contribution < -0.4 is 63.1 Å². The number of halogens is 9. The average Bonchev–Trinajstić information content (AvgIpc) is 1.61. The monoisotopic (exact) mass is 2320 g/mol. The number of rotatable bonds is 33. The molecule has 3 N–H and O–H groups in total. The summed E-state index contributed by atoms with van der Waals surface area (Å²) in [4.78, 5) is 72.6. The molecule has 0 bridgehead atoms. The molecule has 13 aromatic rings. The summed E-state index contributed by atoms with van der Waals surface area (Å²) in [5.74, 6) is -8.05. The first-order valence-corrected chi connectivity index (χ1v) is 56.6. The van der Waals surface area contributed by atoms with Crippen molar-refractivity contribution in [1.82, 2.24) is 27.9 Å². The Morgan fingerprint density at radius 1 is 0.409 bits per heavy atom. The third-order valence-electron chi connectivity index (χ3n) is 19.6. The molecule has 796 valence electrons. The van der Waals surface area contributed by atoms with Crippen LogP contribution in [0, 0.1) is 34.6 Å². The first kappa shape index (κ1) is 125. The van der Waals surface area contributed by atoms with Gasteiger partial charge in [0, 0.05) is 55.6 Å². The predicted molar refractivity (Wildman–Crippen MR) is 525 cm³/mol. The Bertz CT molecular complexity index is 8020. The molecule has 0 fully saturated rings. The summed E-state index contributed by atoms with van der Waals surface area (Å²) in [5, 5.41) is 27.7. The minimum absolute atomic E-state index is 0. The van der Waals surface area contributed by atoms with Crippen molar-refractivity contribution in [2.24, 2.45) is 0 Å². The zero-order chi connectivity index (χ0) is 110. The van der Waals surface area contributed by atoms with E-state index in [0.717, 1.165) is 57.1 Å². The van der Waals surface area contributed by atoms with Gasteiger partial charge in [-0.05, 0) is 186 Å². The van der Waals surface area contributed by atoms with Crippen LogP contribution in [0.15, 0.2) is 258 Å². The Kier molecular flexibility index (Phi) is 45.0. The summed E-state index contributed by atoms with van der Waals surface area (Å²) in [6.45, 7) is 4.42. The second-order valence-corrected chi connectivity index (χ2v) is 47.4.